The smallest absolute Gasteiger partial charge is 0.236 e. The van der Waals surface area contributed by atoms with Crippen molar-refractivity contribution in [3.63, 3.8) is 0 Å². The highest BCUT2D eigenvalue weighted by Gasteiger charge is 2.09. The number of anilines is 1. The number of nitrogens with one attached hydrogen (secondary N) is 1. The molecule has 2 aromatic carbocycles. The molecule has 1 N–H and O–H groups in total. The molecule has 0 spiro atoms. The molecule has 0 saturated heterocycles. The Kier molecular flexibility index (Phi) is 7.32. The molecular weight excluding hydrogens is 394 g/mol. The third-order valence-electron chi connectivity index (χ3n) is 3.64. The zero-order valence-corrected chi connectivity index (χ0v) is 17.7. The van der Waals surface area contributed by atoms with Crippen LogP contribution in [0.4, 0.5) is 5.13 Å². The highest BCUT2D eigenvalue weighted by Crippen LogP contribution is 2.28. The summed E-state index contributed by atoms with van der Waals surface area (Å²) < 4.78 is 0.858. The first-order valence-electron chi connectivity index (χ1n) is 8.53. The molecule has 0 aliphatic heterocycles. The van der Waals surface area contributed by atoms with Gasteiger partial charge < -0.3 is 0 Å². The number of rotatable bonds is 8. The molecule has 3 aromatic rings. The van der Waals surface area contributed by atoms with E-state index in [2.05, 4.69) is 59.7 Å². The molecule has 1 amide bonds. The van der Waals surface area contributed by atoms with Crippen molar-refractivity contribution in [3.8, 4) is 0 Å². The third kappa shape index (κ3) is 6.68. The summed E-state index contributed by atoms with van der Waals surface area (Å²) in [6.45, 7) is 4.19. The molecule has 0 radical (unpaired) electrons. The van der Waals surface area contributed by atoms with Gasteiger partial charge in [0.05, 0.1) is 5.75 Å². The van der Waals surface area contributed by atoms with E-state index in [1.165, 1.54) is 33.6 Å². The minimum absolute atomic E-state index is 0.0415. The molecule has 140 valence electrons. The molecular formula is C20H21N3OS3. The van der Waals surface area contributed by atoms with Gasteiger partial charge in [0.15, 0.2) is 4.34 Å². The van der Waals surface area contributed by atoms with E-state index in [-0.39, 0.29) is 5.91 Å². The highest BCUT2D eigenvalue weighted by atomic mass is 32.2. The first kappa shape index (κ1) is 19.9. The van der Waals surface area contributed by atoms with Crippen LogP contribution in [-0.4, -0.2) is 21.9 Å². The van der Waals surface area contributed by atoms with Crippen LogP contribution in [-0.2, 0) is 16.3 Å². The number of aromatic nitrogens is 2. The summed E-state index contributed by atoms with van der Waals surface area (Å²) >= 11 is 4.65. The van der Waals surface area contributed by atoms with Crippen LogP contribution in [0.15, 0.2) is 52.9 Å². The van der Waals surface area contributed by atoms with Crippen molar-refractivity contribution in [1.29, 1.82) is 0 Å². The molecule has 27 heavy (non-hydrogen) atoms. The Hall–Kier alpha value is -1.83. The number of carbonyl (C=O) groups excluding carboxylic acids is 1. The maximum Gasteiger partial charge on any atom is 0.236 e. The Morgan fingerprint density at radius 1 is 1.00 bits per heavy atom. The standard InChI is InChI=1S/C20H21N3OS3/c1-14-8-15(2)10-17(9-14)11-25-13-18(24)21-19-22-23-20(27-19)26-12-16-6-4-3-5-7-16/h3-10H,11-13H2,1-2H3,(H,21,22,24). The van der Waals surface area contributed by atoms with Crippen molar-refractivity contribution in [2.24, 2.45) is 0 Å². The van der Waals surface area contributed by atoms with Gasteiger partial charge >= 0.3 is 0 Å². The summed E-state index contributed by atoms with van der Waals surface area (Å²) in [6.07, 6.45) is 0. The van der Waals surface area contributed by atoms with Gasteiger partial charge in [-0.15, -0.1) is 22.0 Å². The van der Waals surface area contributed by atoms with Gasteiger partial charge in [-0.25, -0.2) is 0 Å². The van der Waals surface area contributed by atoms with Crippen LogP contribution in [0, 0.1) is 13.8 Å². The second-order valence-electron chi connectivity index (χ2n) is 6.18. The molecule has 0 bridgehead atoms. The molecule has 0 atom stereocenters. The lowest BCUT2D eigenvalue weighted by Crippen LogP contribution is -2.14. The quantitative estimate of drug-likeness (QED) is 0.399. The van der Waals surface area contributed by atoms with E-state index < -0.39 is 0 Å². The van der Waals surface area contributed by atoms with Gasteiger partial charge in [0.1, 0.15) is 0 Å². The van der Waals surface area contributed by atoms with Crippen molar-refractivity contribution in [3.05, 3.63) is 70.8 Å². The summed E-state index contributed by atoms with van der Waals surface area (Å²) in [5.74, 6) is 2.03. The number of amides is 1. The fourth-order valence-electron chi connectivity index (χ4n) is 2.61. The number of carbonyl (C=O) groups is 1. The second-order valence-corrected chi connectivity index (χ2v) is 9.37. The fraction of sp³-hybridized carbons (Fsp3) is 0.250. The SMILES string of the molecule is Cc1cc(C)cc(CSCC(=O)Nc2nnc(SCc3ccccc3)s2)c1. The van der Waals surface area contributed by atoms with Crippen molar-refractivity contribution in [2.45, 2.75) is 29.7 Å². The highest BCUT2D eigenvalue weighted by molar-refractivity contribution is 8.00. The maximum atomic E-state index is 12.1. The zero-order chi connectivity index (χ0) is 19.1. The minimum Gasteiger partial charge on any atom is -0.300 e. The van der Waals surface area contributed by atoms with Crippen molar-refractivity contribution in [2.75, 3.05) is 11.1 Å². The number of hydrogen-bond donors (Lipinski definition) is 1. The van der Waals surface area contributed by atoms with E-state index in [4.69, 9.17) is 0 Å². The number of hydrogen-bond acceptors (Lipinski definition) is 6. The van der Waals surface area contributed by atoms with Gasteiger partial charge in [0.2, 0.25) is 11.0 Å². The van der Waals surface area contributed by atoms with E-state index in [1.807, 2.05) is 18.2 Å². The predicted molar refractivity (Wildman–Crippen MR) is 117 cm³/mol. The average Bonchev–Trinajstić information content (AvgIpc) is 3.07. The van der Waals surface area contributed by atoms with E-state index in [0.29, 0.717) is 10.9 Å². The molecule has 3 rings (SSSR count). The van der Waals surface area contributed by atoms with E-state index in [9.17, 15) is 4.79 Å². The molecule has 0 saturated carbocycles. The Bertz CT molecular complexity index is 876. The van der Waals surface area contributed by atoms with Crippen molar-refractivity contribution >= 4 is 45.9 Å². The first-order valence-corrected chi connectivity index (χ1v) is 11.5. The van der Waals surface area contributed by atoms with Gasteiger partial charge in [-0.05, 0) is 25.0 Å². The number of nitrogens with zero attached hydrogens (tertiary/aromatic N) is 2. The number of aryl methyl sites for hydroxylation is 2. The molecule has 4 nitrogen and oxygen atoms in total. The summed E-state index contributed by atoms with van der Waals surface area (Å²) in [6, 6.07) is 16.7. The van der Waals surface area contributed by atoms with Gasteiger partial charge in [0, 0.05) is 11.5 Å². The molecule has 0 unspecified atom stereocenters. The zero-order valence-electron chi connectivity index (χ0n) is 15.3. The molecule has 0 aliphatic carbocycles. The number of thioether (sulfide) groups is 2. The summed E-state index contributed by atoms with van der Waals surface area (Å²) in [5, 5.41) is 11.6. The lowest BCUT2D eigenvalue weighted by Gasteiger charge is -2.05. The molecule has 0 fully saturated rings. The Balaban J connectivity index is 1.42. The lowest BCUT2D eigenvalue weighted by atomic mass is 10.1. The van der Waals surface area contributed by atoms with E-state index in [1.54, 1.807) is 23.5 Å². The predicted octanol–water partition coefficient (Wildman–Crippen LogP) is 5.32. The van der Waals surface area contributed by atoms with Crippen LogP contribution < -0.4 is 5.32 Å². The normalized spacial score (nSPS) is 10.7. The topological polar surface area (TPSA) is 54.9 Å². The van der Waals surface area contributed by atoms with Crippen LogP contribution >= 0.6 is 34.9 Å². The fourth-order valence-corrected chi connectivity index (χ4v) is 5.09. The molecule has 7 heteroatoms. The van der Waals surface area contributed by atoms with Gasteiger partial charge in [-0.3, -0.25) is 10.1 Å². The largest absolute Gasteiger partial charge is 0.300 e. The lowest BCUT2D eigenvalue weighted by molar-refractivity contribution is -0.113. The third-order valence-corrected chi connectivity index (χ3v) is 6.69. The summed E-state index contributed by atoms with van der Waals surface area (Å²) in [5.41, 5.74) is 5.00. The Morgan fingerprint density at radius 2 is 1.74 bits per heavy atom. The Morgan fingerprint density at radius 3 is 2.48 bits per heavy atom. The summed E-state index contributed by atoms with van der Waals surface area (Å²) in [4.78, 5) is 12.1. The van der Waals surface area contributed by atoms with Gasteiger partial charge in [0.25, 0.3) is 0 Å². The van der Waals surface area contributed by atoms with Gasteiger partial charge in [-0.1, -0.05) is 82.8 Å². The van der Waals surface area contributed by atoms with Crippen LogP contribution in [0.5, 0.6) is 0 Å². The van der Waals surface area contributed by atoms with Crippen molar-refractivity contribution in [1.82, 2.24) is 10.2 Å². The van der Waals surface area contributed by atoms with Gasteiger partial charge in [-0.2, -0.15) is 0 Å². The molecule has 0 aliphatic rings. The van der Waals surface area contributed by atoms with E-state index >= 15 is 0 Å². The maximum absolute atomic E-state index is 12.1. The van der Waals surface area contributed by atoms with Crippen LogP contribution in [0.1, 0.15) is 22.3 Å². The number of benzene rings is 2. The average molecular weight is 416 g/mol. The van der Waals surface area contributed by atoms with Crippen LogP contribution in [0.2, 0.25) is 0 Å². The van der Waals surface area contributed by atoms with E-state index in [0.717, 1.165) is 15.8 Å². The first-order chi connectivity index (χ1) is 13.1. The Labute approximate surface area is 172 Å². The monoisotopic (exact) mass is 415 g/mol. The minimum atomic E-state index is -0.0415. The summed E-state index contributed by atoms with van der Waals surface area (Å²) in [7, 11) is 0. The molecule has 1 aromatic heterocycles. The van der Waals surface area contributed by atoms with Crippen LogP contribution in [0.3, 0.4) is 0 Å². The van der Waals surface area contributed by atoms with Crippen LogP contribution in [0.25, 0.3) is 0 Å². The van der Waals surface area contributed by atoms with Crippen molar-refractivity contribution < 1.29 is 4.79 Å². The second kappa shape index (κ2) is 9.92. The molecule has 1 heterocycles.